The predicted octanol–water partition coefficient (Wildman–Crippen LogP) is 3.75. The Kier molecular flexibility index (Phi) is 6.69. The first-order chi connectivity index (χ1) is 13.5. The Balaban J connectivity index is 2.05. The standard InChI is InChI=1S/C21H27BrN2O4/c1-24(2)14-5-6-15-16(12-20(27-8-7-23)28-18(15)11-14)13-9-17(22)21(26-4)19(10-13)25-3/h5-6,9-11,16,20H,7-8,12,23H2,1-4H3. The zero-order valence-corrected chi connectivity index (χ0v) is 18.3. The molecule has 0 saturated heterocycles. The molecule has 2 atom stereocenters. The van der Waals surface area contributed by atoms with Crippen molar-refractivity contribution in [1.29, 1.82) is 0 Å². The largest absolute Gasteiger partial charge is 0.493 e. The number of methoxy groups -OCH3 is 2. The van der Waals surface area contributed by atoms with E-state index in [2.05, 4.69) is 45.1 Å². The van der Waals surface area contributed by atoms with Crippen LogP contribution in [-0.4, -0.2) is 47.8 Å². The maximum Gasteiger partial charge on any atom is 0.200 e. The Morgan fingerprint density at radius 1 is 1.18 bits per heavy atom. The van der Waals surface area contributed by atoms with Crippen LogP contribution in [0.25, 0.3) is 0 Å². The molecule has 0 amide bonds. The van der Waals surface area contributed by atoms with Crippen LogP contribution in [0.4, 0.5) is 5.69 Å². The first-order valence-electron chi connectivity index (χ1n) is 9.19. The van der Waals surface area contributed by atoms with Crippen LogP contribution in [0.1, 0.15) is 23.5 Å². The molecule has 6 nitrogen and oxygen atoms in total. The second-order valence-electron chi connectivity index (χ2n) is 6.85. The van der Waals surface area contributed by atoms with Crippen LogP contribution in [0.2, 0.25) is 0 Å². The van der Waals surface area contributed by atoms with Crippen LogP contribution in [0.5, 0.6) is 17.2 Å². The van der Waals surface area contributed by atoms with Gasteiger partial charge in [0.2, 0.25) is 6.29 Å². The summed E-state index contributed by atoms with van der Waals surface area (Å²) in [6, 6.07) is 10.4. The van der Waals surface area contributed by atoms with Crippen molar-refractivity contribution in [2.75, 3.05) is 46.4 Å². The molecule has 0 aromatic heterocycles. The fourth-order valence-electron chi connectivity index (χ4n) is 3.46. The van der Waals surface area contributed by atoms with Crippen molar-refractivity contribution in [3.63, 3.8) is 0 Å². The van der Waals surface area contributed by atoms with Gasteiger partial charge in [-0.15, -0.1) is 0 Å². The number of hydrogen-bond donors (Lipinski definition) is 1. The first-order valence-corrected chi connectivity index (χ1v) is 9.98. The second kappa shape index (κ2) is 9.03. The Morgan fingerprint density at radius 2 is 1.96 bits per heavy atom. The number of nitrogens with zero attached hydrogens (tertiary/aromatic N) is 1. The molecule has 0 aliphatic carbocycles. The Hall–Kier alpha value is -1.96. The van der Waals surface area contributed by atoms with Gasteiger partial charge in [0.15, 0.2) is 11.5 Å². The summed E-state index contributed by atoms with van der Waals surface area (Å²) < 4.78 is 23.8. The minimum absolute atomic E-state index is 0.0962. The summed E-state index contributed by atoms with van der Waals surface area (Å²) in [5.74, 6) is 2.29. The summed E-state index contributed by atoms with van der Waals surface area (Å²) in [4.78, 5) is 2.05. The molecular formula is C21H27BrN2O4. The molecule has 0 radical (unpaired) electrons. The number of rotatable bonds is 7. The summed E-state index contributed by atoms with van der Waals surface area (Å²) in [7, 11) is 7.29. The maximum atomic E-state index is 6.14. The topological polar surface area (TPSA) is 66.2 Å². The van der Waals surface area contributed by atoms with Gasteiger partial charge in [-0.05, 0) is 39.7 Å². The van der Waals surface area contributed by atoms with E-state index in [-0.39, 0.29) is 12.2 Å². The highest BCUT2D eigenvalue weighted by Crippen LogP contribution is 2.46. The first kappa shape index (κ1) is 20.8. The van der Waals surface area contributed by atoms with E-state index < -0.39 is 0 Å². The number of ether oxygens (including phenoxy) is 4. The Labute approximate surface area is 174 Å². The van der Waals surface area contributed by atoms with E-state index >= 15 is 0 Å². The minimum atomic E-state index is -0.356. The quantitative estimate of drug-likeness (QED) is 0.692. The summed E-state index contributed by atoms with van der Waals surface area (Å²) in [6.07, 6.45) is 0.335. The predicted molar refractivity (Wildman–Crippen MR) is 114 cm³/mol. The average Bonchev–Trinajstić information content (AvgIpc) is 2.70. The fourth-order valence-corrected chi connectivity index (χ4v) is 4.08. The number of fused-ring (bicyclic) bond motifs is 1. The number of hydrogen-bond acceptors (Lipinski definition) is 6. The van der Waals surface area contributed by atoms with Crippen LogP contribution in [-0.2, 0) is 4.74 Å². The van der Waals surface area contributed by atoms with E-state index in [1.807, 2.05) is 20.2 Å². The number of halogens is 1. The third-order valence-corrected chi connectivity index (χ3v) is 5.44. The molecule has 2 unspecified atom stereocenters. The lowest BCUT2D eigenvalue weighted by atomic mass is 9.85. The Bertz CT molecular complexity index is 828. The molecule has 1 heterocycles. The highest BCUT2D eigenvalue weighted by Gasteiger charge is 2.31. The lowest BCUT2D eigenvalue weighted by Gasteiger charge is -2.33. The van der Waals surface area contributed by atoms with Gasteiger partial charge in [-0.2, -0.15) is 0 Å². The molecule has 152 valence electrons. The van der Waals surface area contributed by atoms with Crippen LogP contribution in [0.15, 0.2) is 34.8 Å². The molecule has 2 aromatic carbocycles. The molecule has 7 heteroatoms. The van der Waals surface area contributed by atoms with Gasteiger partial charge in [-0.25, -0.2) is 0 Å². The molecule has 3 rings (SSSR count). The van der Waals surface area contributed by atoms with E-state index in [4.69, 9.17) is 24.7 Å². The van der Waals surface area contributed by atoms with Gasteiger partial charge in [-0.3, -0.25) is 0 Å². The second-order valence-corrected chi connectivity index (χ2v) is 7.70. The molecule has 1 aliphatic heterocycles. The summed E-state index contributed by atoms with van der Waals surface area (Å²) in [5.41, 5.74) is 8.92. The van der Waals surface area contributed by atoms with Crippen LogP contribution in [0, 0.1) is 0 Å². The van der Waals surface area contributed by atoms with Gasteiger partial charge in [0.1, 0.15) is 5.75 Å². The molecule has 0 spiro atoms. The van der Waals surface area contributed by atoms with E-state index in [9.17, 15) is 0 Å². The lowest BCUT2D eigenvalue weighted by molar-refractivity contribution is -0.0911. The molecule has 0 saturated carbocycles. The lowest BCUT2D eigenvalue weighted by Crippen LogP contribution is -2.30. The smallest absolute Gasteiger partial charge is 0.200 e. The van der Waals surface area contributed by atoms with Crippen molar-refractivity contribution in [3.8, 4) is 17.2 Å². The van der Waals surface area contributed by atoms with E-state index in [1.54, 1.807) is 14.2 Å². The number of benzene rings is 2. The van der Waals surface area contributed by atoms with Crippen molar-refractivity contribution in [3.05, 3.63) is 45.9 Å². The molecule has 1 aliphatic rings. The maximum absolute atomic E-state index is 6.14. The summed E-state index contributed by atoms with van der Waals surface area (Å²) >= 11 is 3.60. The highest BCUT2D eigenvalue weighted by molar-refractivity contribution is 9.10. The van der Waals surface area contributed by atoms with Gasteiger partial charge in [0.25, 0.3) is 0 Å². The van der Waals surface area contributed by atoms with Gasteiger partial charge in [-0.1, -0.05) is 6.07 Å². The van der Waals surface area contributed by atoms with E-state index in [0.29, 0.717) is 31.1 Å². The normalized spacial score (nSPS) is 18.2. The van der Waals surface area contributed by atoms with Crippen LogP contribution < -0.4 is 24.8 Å². The zero-order valence-electron chi connectivity index (χ0n) is 16.7. The summed E-state index contributed by atoms with van der Waals surface area (Å²) in [5, 5.41) is 0. The van der Waals surface area contributed by atoms with E-state index in [1.165, 1.54) is 0 Å². The number of nitrogens with two attached hydrogens (primary N) is 1. The SMILES string of the molecule is COc1cc(C2CC(OCCN)Oc3cc(N(C)C)ccc32)cc(Br)c1OC. The van der Waals surface area contributed by atoms with Crippen molar-refractivity contribution in [2.45, 2.75) is 18.6 Å². The van der Waals surface area contributed by atoms with Gasteiger partial charge in [0.05, 0.1) is 25.3 Å². The van der Waals surface area contributed by atoms with Crippen LogP contribution >= 0.6 is 15.9 Å². The van der Waals surface area contributed by atoms with Crippen LogP contribution in [0.3, 0.4) is 0 Å². The fraction of sp³-hybridized carbons (Fsp3) is 0.429. The highest BCUT2D eigenvalue weighted by atomic mass is 79.9. The van der Waals surface area contributed by atoms with Crippen molar-refractivity contribution in [1.82, 2.24) is 0 Å². The van der Waals surface area contributed by atoms with Gasteiger partial charge < -0.3 is 29.6 Å². The molecule has 2 aromatic rings. The molecular weight excluding hydrogens is 424 g/mol. The third-order valence-electron chi connectivity index (χ3n) is 4.86. The number of anilines is 1. The zero-order chi connectivity index (χ0) is 20.3. The Morgan fingerprint density at radius 3 is 2.61 bits per heavy atom. The van der Waals surface area contributed by atoms with Crippen molar-refractivity contribution < 1.29 is 18.9 Å². The summed E-state index contributed by atoms with van der Waals surface area (Å²) in [6.45, 7) is 0.909. The molecule has 0 fully saturated rings. The molecule has 0 bridgehead atoms. The van der Waals surface area contributed by atoms with Gasteiger partial charge >= 0.3 is 0 Å². The minimum Gasteiger partial charge on any atom is -0.493 e. The molecule has 2 N–H and O–H groups in total. The van der Waals surface area contributed by atoms with Crippen molar-refractivity contribution >= 4 is 21.6 Å². The van der Waals surface area contributed by atoms with Crippen molar-refractivity contribution in [2.24, 2.45) is 5.73 Å². The monoisotopic (exact) mass is 450 g/mol. The van der Waals surface area contributed by atoms with E-state index in [0.717, 1.165) is 27.0 Å². The average molecular weight is 451 g/mol. The van der Waals surface area contributed by atoms with Gasteiger partial charge in [0, 0.05) is 50.3 Å². The third kappa shape index (κ3) is 4.21. The molecule has 28 heavy (non-hydrogen) atoms.